The highest BCUT2D eigenvalue weighted by Crippen LogP contribution is 2.28. The predicted octanol–water partition coefficient (Wildman–Crippen LogP) is -0.719. The van der Waals surface area contributed by atoms with E-state index >= 15 is 0 Å². The molecule has 10 heteroatoms. The highest BCUT2D eigenvalue weighted by Gasteiger charge is 2.50. The molecule has 1 aliphatic heterocycles. The fourth-order valence-corrected chi connectivity index (χ4v) is 2.89. The summed E-state index contributed by atoms with van der Waals surface area (Å²) >= 11 is 0. The van der Waals surface area contributed by atoms with Gasteiger partial charge in [0.25, 0.3) is 0 Å². The van der Waals surface area contributed by atoms with Crippen LogP contribution in [-0.2, 0) is 28.5 Å². The second-order valence-corrected chi connectivity index (χ2v) is 7.58. The molecule has 0 amide bonds. The zero-order valence-corrected chi connectivity index (χ0v) is 17.8. The van der Waals surface area contributed by atoms with Crippen LogP contribution in [0.4, 0.5) is 0 Å². The molecule has 0 aromatic rings. The first kappa shape index (κ1) is 25.7. The van der Waals surface area contributed by atoms with Crippen molar-refractivity contribution in [2.45, 2.75) is 83.3 Å². The van der Waals surface area contributed by atoms with Gasteiger partial charge in [0.05, 0.1) is 6.61 Å². The summed E-state index contributed by atoms with van der Waals surface area (Å²) < 4.78 is 21.5. The topological polar surface area (TPSA) is 164 Å². The van der Waals surface area contributed by atoms with Gasteiger partial charge in [0.1, 0.15) is 24.3 Å². The van der Waals surface area contributed by atoms with Crippen molar-refractivity contribution in [3.63, 3.8) is 0 Å². The van der Waals surface area contributed by atoms with E-state index in [0.717, 1.165) is 0 Å². The van der Waals surface area contributed by atoms with E-state index in [1.165, 1.54) is 7.11 Å². The highest BCUT2D eigenvalue weighted by atomic mass is 16.7. The van der Waals surface area contributed by atoms with Crippen molar-refractivity contribution in [3.05, 3.63) is 0 Å². The molecule has 1 rings (SSSR count). The Labute approximate surface area is 171 Å². The Morgan fingerprint density at radius 3 is 1.83 bits per heavy atom. The third kappa shape index (κ3) is 6.34. The van der Waals surface area contributed by atoms with Crippen LogP contribution in [0.1, 0.15) is 40.5 Å². The van der Waals surface area contributed by atoms with Crippen LogP contribution in [0, 0.1) is 11.8 Å². The van der Waals surface area contributed by atoms with Gasteiger partial charge in [-0.05, 0) is 11.8 Å². The van der Waals surface area contributed by atoms with Gasteiger partial charge in [0.15, 0.2) is 18.5 Å². The minimum atomic E-state index is -1.46. The van der Waals surface area contributed by atoms with Crippen molar-refractivity contribution < 1.29 is 38.7 Å². The summed E-state index contributed by atoms with van der Waals surface area (Å²) in [7, 11) is 1.30. The zero-order chi connectivity index (χ0) is 22.3. The number of aliphatic hydroxyl groups is 2. The lowest BCUT2D eigenvalue weighted by Crippen LogP contribution is -2.63. The minimum Gasteiger partial charge on any atom is -0.454 e. The Hall–Kier alpha value is -1.30. The van der Waals surface area contributed by atoms with E-state index in [1.807, 2.05) is 13.8 Å². The lowest BCUT2D eigenvalue weighted by molar-refractivity contribution is -0.301. The maximum absolute atomic E-state index is 12.5. The molecule has 0 unspecified atom stereocenters. The van der Waals surface area contributed by atoms with E-state index in [4.69, 9.17) is 30.4 Å². The van der Waals surface area contributed by atoms with Crippen LogP contribution in [0.25, 0.3) is 0 Å². The van der Waals surface area contributed by atoms with Gasteiger partial charge in [-0.2, -0.15) is 0 Å². The van der Waals surface area contributed by atoms with Crippen LogP contribution in [0.15, 0.2) is 0 Å². The number of esters is 2. The average molecular weight is 421 g/mol. The van der Waals surface area contributed by atoms with Gasteiger partial charge >= 0.3 is 11.9 Å². The Bertz CT molecular complexity index is 534. The monoisotopic (exact) mass is 420 g/mol. The van der Waals surface area contributed by atoms with E-state index in [-0.39, 0.29) is 11.8 Å². The molecule has 1 saturated heterocycles. The van der Waals surface area contributed by atoms with Crippen molar-refractivity contribution in [2.24, 2.45) is 23.3 Å². The van der Waals surface area contributed by atoms with Crippen LogP contribution in [0.3, 0.4) is 0 Å². The second-order valence-electron chi connectivity index (χ2n) is 7.58. The maximum atomic E-state index is 12.5. The van der Waals surface area contributed by atoms with Crippen LogP contribution >= 0.6 is 0 Å². The van der Waals surface area contributed by atoms with E-state index in [2.05, 4.69) is 0 Å². The summed E-state index contributed by atoms with van der Waals surface area (Å²) in [6.45, 7) is 6.81. The van der Waals surface area contributed by atoms with E-state index < -0.39 is 61.3 Å². The molecule has 1 fully saturated rings. The molecule has 0 aromatic carbocycles. The molecule has 29 heavy (non-hydrogen) atoms. The van der Waals surface area contributed by atoms with Gasteiger partial charge in [-0.15, -0.1) is 0 Å². The summed E-state index contributed by atoms with van der Waals surface area (Å²) in [4.78, 5) is 25.0. The molecule has 0 spiro atoms. The number of nitrogens with two attached hydrogens (primary N) is 2. The van der Waals surface area contributed by atoms with Crippen LogP contribution in [-0.4, -0.2) is 78.7 Å². The molecule has 0 radical (unpaired) electrons. The molecular formula is C19H36N2O8. The van der Waals surface area contributed by atoms with Crippen molar-refractivity contribution in [2.75, 3.05) is 13.7 Å². The van der Waals surface area contributed by atoms with Gasteiger partial charge < -0.3 is 40.6 Å². The number of carbonyl (C=O) groups is 2. The number of aliphatic hydroxyl groups excluding tert-OH is 2. The third-order valence-electron chi connectivity index (χ3n) is 5.59. The first-order valence-electron chi connectivity index (χ1n) is 10.0. The molecule has 0 saturated carbocycles. The third-order valence-corrected chi connectivity index (χ3v) is 5.59. The summed E-state index contributed by atoms with van der Waals surface area (Å²) in [5, 5.41) is 20.1. The molecule has 0 aromatic heterocycles. The Balaban J connectivity index is 3.10. The molecular weight excluding hydrogens is 384 g/mol. The van der Waals surface area contributed by atoms with Gasteiger partial charge in [0, 0.05) is 7.11 Å². The number of ether oxygens (including phenoxy) is 4. The van der Waals surface area contributed by atoms with E-state index in [1.54, 1.807) is 13.8 Å². The van der Waals surface area contributed by atoms with Crippen molar-refractivity contribution in [3.8, 4) is 0 Å². The smallest absolute Gasteiger partial charge is 0.323 e. The molecule has 10 nitrogen and oxygen atoms in total. The van der Waals surface area contributed by atoms with Gasteiger partial charge in [-0.25, -0.2) is 0 Å². The van der Waals surface area contributed by atoms with Crippen molar-refractivity contribution in [1.82, 2.24) is 0 Å². The largest absolute Gasteiger partial charge is 0.454 e. The molecule has 9 atom stereocenters. The van der Waals surface area contributed by atoms with Crippen molar-refractivity contribution >= 4 is 11.9 Å². The van der Waals surface area contributed by atoms with Gasteiger partial charge in [0.2, 0.25) is 0 Å². The standard InChI is InChI=1S/C19H36N2O8/c1-6-9(3)12(20)17(24)28-15-14(23)11(8-22)27-19(26-5)16(15)29-18(25)13(21)10(4)7-2/h9-16,19,22-23H,6-8,20-21H2,1-5H3/t9-,10-,11+,12-,13-,14+,15-,16+,19-/m0/s1. The number of hydrogen-bond donors (Lipinski definition) is 4. The van der Waals surface area contributed by atoms with Gasteiger partial charge in [-0.3, -0.25) is 9.59 Å². The average Bonchev–Trinajstić information content (AvgIpc) is 2.73. The second kappa shape index (κ2) is 11.8. The molecule has 0 aliphatic carbocycles. The molecule has 1 aliphatic rings. The Morgan fingerprint density at radius 1 is 1.00 bits per heavy atom. The normalized spacial score (nSPS) is 31.4. The number of hydrogen-bond acceptors (Lipinski definition) is 10. The Morgan fingerprint density at radius 2 is 1.45 bits per heavy atom. The number of carbonyl (C=O) groups excluding carboxylic acids is 2. The van der Waals surface area contributed by atoms with E-state index in [0.29, 0.717) is 12.8 Å². The first-order valence-corrected chi connectivity index (χ1v) is 10.0. The molecule has 0 bridgehead atoms. The summed E-state index contributed by atoms with van der Waals surface area (Å²) in [5.74, 6) is -1.81. The zero-order valence-electron chi connectivity index (χ0n) is 17.8. The summed E-state index contributed by atoms with van der Waals surface area (Å²) in [5.41, 5.74) is 11.9. The lowest BCUT2D eigenvalue weighted by Gasteiger charge is -2.43. The first-order chi connectivity index (χ1) is 13.6. The quantitative estimate of drug-likeness (QED) is 0.332. The van der Waals surface area contributed by atoms with Crippen LogP contribution in [0.2, 0.25) is 0 Å². The summed E-state index contributed by atoms with van der Waals surface area (Å²) in [6, 6.07) is -1.84. The van der Waals surface area contributed by atoms with Gasteiger partial charge in [-0.1, -0.05) is 40.5 Å². The maximum Gasteiger partial charge on any atom is 0.323 e. The number of rotatable bonds is 10. The Kier molecular flexibility index (Phi) is 10.4. The highest BCUT2D eigenvalue weighted by molar-refractivity contribution is 5.77. The minimum absolute atomic E-state index is 0.150. The van der Waals surface area contributed by atoms with E-state index in [9.17, 15) is 19.8 Å². The van der Waals surface area contributed by atoms with Crippen LogP contribution < -0.4 is 11.5 Å². The molecule has 170 valence electrons. The molecule has 1 heterocycles. The number of methoxy groups -OCH3 is 1. The SMILES string of the molecule is CC[C@H](C)[C@H](N)C(=O)O[C@H]1[C@@H](OC)O[C@H](CO)[C@@H](O)[C@@H]1OC(=O)[C@@H](N)[C@@H](C)CC. The summed E-state index contributed by atoms with van der Waals surface area (Å²) in [6.07, 6.45) is -5.07. The van der Waals surface area contributed by atoms with Crippen LogP contribution in [0.5, 0.6) is 0 Å². The fraction of sp³-hybridized carbons (Fsp3) is 0.895. The lowest BCUT2D eigenvalue weighted by atomic mass is 9.96. The molecule has 6 N–H and O–H groups in total. The van der Waals surface area contributed by atoms with Crippen molar-refractivity contribution in [1.29, 1.82) is 0 Å². The predicted molar refractivity (Wildman–Crippen MR) is 103 cm³/mol. The fourth-order valence-electron chi connectivity index (χ4n) is 2.89.